The molecule has 0 saturated carbocycles. The van der Waals surface area contributed by atoms with Crippen molar-refractivity contribution >= 4 is 11.6 Å². The van der Waals surface area contributed by atoms with Crippen molar-refractivity contribution in [3.05, 3.63) is 59.9 Å². The van der Waals surface area contributed by atoms with Gasteiger partial charge in [-0.1, -0.05) is 12.1 Å². The predicted molar refractivity (Wildman–Crippen MR) is 85.3 cm³/mol. The van der Waals surface area contributed by atoms with Crippen LogP contribution in [0.25, 0.3) is 0 Å². The minimum absolute atomic E-state index is 0.0624. The highest BCUT2D eigenvalue weighted by Gasteiger charge is 2.14. The SMILES string of the molecule is CC(C)Nc1ccccc1C(=O)N[C@@H](C)c1ccncc1. The van der Waals surface area contributed by atoms with E-state index in [-0.39, 0.29) is 18.0 Å². The van der Waals surface area contributed by atoms with Gasteiger partial charge in [-0.2, -0.15) is 0 Å². The molecule has 0 radical (unpaired) electrons. The van der Waals surface area contributed by atoms with Crippen molar-refractivity contribution in [2.45, 2.75) is 32.9 Å². The molecule has 2 rings (SSSR count). The molecule has 1 aromatic heterocycles. The molecular formula is C17H21N3O. The quantitative estimate of drug-likeness (QED) is 0.884. The van der Waals surface area contributed by atoms with Gasteiger partial charge in [0.1, 0.15) is 0 Å². The van der Waals surface area contributed by atoms with Crippen molar-refractivity contribution in [1.82, 2.24) is 10.3 Å². The van der Waals surface area contributed by atoms with E-state index in [0.29, 0.717) is 5.56 Å². The maximum atomic E-state index is 12.5. The Kier molecular flexibility index (Phi) is 4.93. The van der Waals surface area contributed by atoms with Gasteiger partial charge in [-0.05, 0) is 50.6 Å². The van der Waals surface area contributed by atoms with Crippen molar-refractivity contribution in [2.24, 2.45) is 0 Å². The Morgan fingerprint density at radius 1 is 1.05 bits per heavy atom. The molecule has 4 nitrogen and oxygen atoms in total. The number of rotatable bonds is 5. The fourth-order valence-electron chi connectivity index (χ4n) is 2.13. The fraction of sp³-hybridized carbons (Fsp3) is 0.294. The van der Waals surface area contributed by atoms with E-state index in [1.165, 1.54) is 0 Å². The van der Waals surface area contributed by atoms with Crippen molar-refractivity contribution in [3.8, 4) is 0 Å². The number of hydrogen-bond acceptors (Lipinski definition) is 3. The van der Waals surface area contributed by atoms with Gasteiger partial charge < -0.3 is 10.6 Å². The van der Waals surface area contributed by atoms with E-state index in [4.69, 9.17) is 0 Å². The molecule has 1 heterocycles. The van der Waals surface area contributed by atoms with Gasteiger partial charge in [0.15, 0.2) is 0 Å². The predicted octanol–water partition coefficient (Wildman–Crippen LogP) is 3.39. The van der Waals surface area contributed by atoms with Crippen molar-refractivity contribution in [1.29, 1.82) is 0 Å². The molecule has 0 bridgehead atoms. The second-order valence-corrected chi connectivity index (χ2v) is 5.32. The molecule has 0 aliphatic carbocycles. The minimum atomic E-state index is -0.0805. The van der Waals surface area contributed by atoms with Crippen LogP contribution in [0.15, 0.2) is 48.8 Å². The Bertz CT molecular complexity index is 596. The summed E-state index contributed by atoms with van der Waals surface area (Å²) in [7, 11) is 0. The first-order valence-electron chi connectivity index (χ1n) is 7.14. The summed E-state index contributed by atoms with van der Waals surface area (Å²) in [6.45, 7) is 6.06. The molecule has 2 N–H and O–H groups in total. The number of hydrogen-bond donors (Lipinski definition) is 2. The van der Waals surface area contributed by atoms with Crippen LogP contribution in [0, 0.1) is 0 Å². The zero-order valence-electron chi connectivity index (χ0n) is 12.6. The van der Waals surface area contributed by atoms with Crippen molar-refractivity contribution in [3.63, 3.8) is 0 Å². The Morgan fingerprint density at radius 2 is 1.71 bits per heavy atom. The Hall–Kier alpha value is -2.36. The van der Waals surface area contributed by atoms with Gasteiger partial charge in [0.2, 0.25) is 0 Å². The van der Waals surface area contributed by atoms with Crippen LogP contribution in [0.4, 0.5) is 5.69 Å². The molecule has 0 saturated heterocycles. The van der Waals surface area contributed by atoms with Crippen LogP contribution in [0.3, 0.4) is 0 Å². The molecular weight excluding hydrogens is 262 g/mol. The van der Waals surface area contributed by atoms with Crippen molar-refractivity contribution in [2.75, 3.05) is 5.32 Å². The highest BCUT2D eigenvalue weighted by Crippen LogP contribution is 2.18. The van der Waals surface area contributed by atoms with Gasteiger partial charge in [0, 0.05) is 24.1 Å². The number of amides is 1. The summed E-state index contributed by atoms with van der Waals surface area (Å²) in [5.74, 6) is -0.0805. The summed E-state index contributed by atoms with van der Waals surface area (Å²) in [5.41, 5.74) is 2.55. The monoisotopic (exact) mass is 283 g/mol. The van der Waals surface area contributed by atoms with E-state index in [0.717, 1.165) is 11.3 Å². The molecule has 1 atom stereocenters. The Morgan fingerprint density at radius 3 is 2.38 bits per heavy atom. The number of nitrogens with one attached hydrogen (secondary N) is 2. The lowest BCUT2D eigenvalue weighted by molar-refractivity contribution is 0.0940. The standard InChI is InChI=1S/C17H21N3O/c1-12(2)19-16-7-5-4-6-15(16)17(21)20-13(3)14-8-10-18-11-9-14/h4-13,19H,1-3H3,(H,20,21)/t13-/m0/s1. The van der Waals surface area contributed by atoms with E-state index in [1.54, 1.807) is 12.4 Å². The molecule has 2 aromatic rings. The van der Waals surface area contributed by atoms with E-state index >= 15 is 0 Å². The van der Waals surface area contributed by atoms with Crippen LogP contribution < -0.4 is 10.6 Å². The lowest BCUT2D eigenvalue weighted by Crippen LogP contribution is -2.28. The normalized spacial score (nSPS) is 12.0. The van der Waals surface area contributed by atoms with Gasteiger partial charge in [-0.25, -0.2) is 0 Å². The summed E-state index contributed by atoms with van der Waals surface area (Å²) in [5, 5.41) is 6.32. The van der Waals surface area contributed by atoms with Crippen LogP contribution >= 0.6 is 0 Å². The number of benzene rings is 1. The van der Waals surface area contributed by atoms with Crippen LogP contribution in [0.5, 0.6) is 0 Å². The maximum absolute atomic E-state index is 12.5. The van der Waals surface area contributed by atoms with Crippen LogP contribution in [-0.2, 0) is 0 Å². The number of aromatic nitrogens is 1. The number of pyridine rings is 1. The van der Waals surface area contributed by atoms with Gasteiger partial charge >= 0.3 is 0 Å². The molecule has 1 aromatic carbocycles. The lowest BCUT2D eigenvalue weighted by atomic mass is 10.1. The topological polar surface area (TPSA) is 54.0 Å². The number of anilines is 1. The first-order valence-corrected chi connectivity index (χ1v) is 7.14. The van der Waals surface area contributed by atoms with E-state index in [1.807, 2.05) is 57.2 Å². The zero-order chi connectivity index (χ0) is 15.2. The number of carbonyl (C=O) groups is 1. The van der Waals surface area contributed by atoms with Crippen LogP contribution in [0.2, 0.25) is 0 Å². The number of para-hydroxylation sites is 1. The van der Waals surface area contributed by atoms with Crippen LogP contribution in [0.1, 0.15) is 42.7 Å². The fourth-order valence-corrected chi connectivity index (χ4v) is 2.13. The Balaban J connectivity index is 2.14. The highest BCUT2D eigenvalue weighted by molar-refractivity contribution is 5.99. The Labute approximate surface area is 125 Å². The van der Waals surface area contributed by atoms with Gasteiger partial charge in [0.05, 0.1) is 11.6 Å². The molecule has 0 unspecified atom stereocenters. The summed E-state index contributed by atoms with van der Waals surface area (Å²) in [6.07, 6.45) is 3.46. The summed E-state index contributed by atoms with van der Waals surface area (Å²) < 4.78 is 0. The van der Waals surface area contributed by atoms with Crippen LogP contribution in [-0.4, -0.2) is 16.9 Å². The number of carbonyl (C=O) groups excluding carboxylic acids is 1. The maximum Gasteiger partial charge on any atom is 0.253 e. The summed E-state index contributed by atoms with van der Waals surface area (Å²) >= 11 is 0. The molecule has 110 valence electrons. The largest absolute Gasteiger partial charge is 0.382 e. The third-order valence-corrected chi connectivity index (χ3v) is 3.17. The van der Waals surface area contributed by atoms with Gasteiger partial charge in [0.25, 0.3) is 5.91 Å². The molecule has 0 aliphatic heterocycles. The third kappa shape index (κ3) is 4.05. The summed E-state index contributed by atoms with van der Waals surface area (Å²) in [6, 6.07) is 11.6. The summed E-state index contributed by atoms with van der Waals surface area (Å²) in [4.78, 5) is 16.5. The molecule has 0 fully saturated rings. The van der Waals surface area contributed by atoms with Gasteiger partial charge in [-0.3, -0.25) is 9.78 Å². The molecule has 0 aliphatic rings. The van der Waals surface area contributed by atoms with E-state index in [9.17, 15) is 4.79 Å². The molecule has 0 spiro atoms. The second-order valence-electron chi connectivity index (χ2n) is 5.32. The first kappa shape index (κ1) is 15.0. The molecule has 21 heavy (non-hydrogen) atoms. The number of nitrogens with zero attached hydrogens (tertiary/aromatic N) is 1. The molecule has 4 heteroatoms. The van der Waals surface area contributed by atoms with Gasteiger partial charge in [-0.15, -0.1) is 0 Å². The smallest absolute Gasteiger partial charge is 0.253 e. The average Bonchev–Trinajstić information content (AvgIpc) is 2.48. The van der Waals surface area contributed by atoms with Crippen molar-refractivity contribution < 1.29 is 4.79 Å². The minimum Gasteiger partial charge on any atom is -0.382 e. The molecule has 1 amide bonds. The van der Waals surface area contributed by atoms with E-state index < -0.39 is 0 Å². The second kappa shape index (κ2) is 6.88. The van der Waals surface area contributed by atoms with E-state index in [2.05, 4.69) is 15.6 Å². The average molecular weight is 283 g/mol. The highest BCUT2D eigenvalue weighted by atomic mass is 16.1. The first-order chi connectivity index (χ1) is 10.1. The zero-order valence-corrected chi connectivity index (χ0v) is 12.6. The third-order valence-electron chi connectivity index (χ3n) is 3.17. The lowest BCUT2D eigenvalue weighted by Gasteiger charge is -2.17.